The smallest absolute Gasteiger partial charge is 0.145 e. The summed E-state index contributed by atoms with van der Waals surface area (Å²) in [4.78, 5) is 5.51. The molecule has 0 aliphatic carbocycles. The van der Waals surface area contributed by atoms with Crippen LogP contribution in [0.2, 0.25) is 0 Å². The second-order valence-corrected chi connectivity index (χ2v) is 14.4. The minimum Gasteiger partial charge on any atom is -0.359 e. The molecule has 2 aromatic heterocycles. The molecule has 0 saturated heterocycles. The Bertz CT molecular complexity index is 2930. The van der Waals surface area contributed by atoms with Gasteiger partial charge in [0.15, 0.2) is 0 Å². The first-order valence-corrected chi connectivity index (χ1v) is 19.2. The van der Waals surface area contributed by atoms with E-state index < -0.39 is 0 Å². The average molecular weight is 717 g/mol. The SMILES string of the molecule is C1=C(c2ccccc2-c2ccccc2)NC(c2ccccc2)N=C1c1cc(-n2c3ccccc3c3ccccc32)cc(-n2c3ccccc3c3ccccc32)c1. The zero-order valence-electron chi connectivity index (χ0n) is 30.5. The number of allylic oxidation sites excluding steroid dienone is 1. The number of aliphatic imine (C=N–C) groups is 1. The van der Waals surface area contributed by atoms with E-state index in [9.17, 15) is 0 Å². The highest BCUT2D eigenvalue weighted by Crippen LogP contribution is 2.38. The van der Waals surface area contributed by atoms with Crippen molar-refractivity contribution in [3.8, 4) is 22.5 Å². The van der Waals surface area contributed by atoms with Crippen LogP contribution in [0.3, 0.4) is 0 Å². The van der Waals surface area contributed by atoms with Crippen LogP contribution >= 0.6 is 0 Å². The average Bonchev–Trinajstić information content (AvgIpc) is 3.80. The van der Waals surface area contributed by atoms with Crippen molar-refractivity contribution in [1.29, 1.82) is 0 Å². The number of hydrogen-bond acceptors (Lipinski definition) is 2. The van der Waals surface area contributed by atoms with Gasteiger partial charge in [0.25, 0.3) is 0 Å². The van der Waals surface area contributed by atoms with Gasteiger partial charge in [0.05, 0.1) is 27.8 Å². The molecule has 4 heteroatoms. The molecule has 0 amide bonds. The Morgan fingerprint density at radius 3 is 1.34 bits per heavy atom. The van der Waals surface area contributed by atoms with E-state index in [1.165, 1.54) is 54.7 Å². The topological polar surface area (TPSA) is 34.2 Å². The highest BCUT2D eigenvalue weighted by atomic mass is 15.1. The first-order valence-electron chi connectivity index (χ1n) is 19.2. The van der Waals surface area contributed by atoms with E-state index >= 15 is 0 Å². The van der Waals surface area contributed by atoms with Crippen LogP contribution in [0.5, 0.6) is 0 Å². The molecule has 11 rings (SSSR count). The monoisotopic (exact) mass is 716 g/mol. The third kappa shape index (κ3) is 5.26. The molecule has 1 aliphatic rings. The van der Waals surface area contributed by atoms with Crippen LogP contribution in [-0.4, -0.2) is 14.8 Å². The molecule has 0 spiro atoms. The van der Waals surface area contributed by atoms with Crippen LogP contribution in [0.4, 0.5) is 0 Å². The molecule has 1 N–H and O–H groups in total. The fourth-order valence-electron chi connectivity index (χ4n) is 8.63. The maximum absolute atomic E-state index is 5.51. The van der Waals surface area contributed by atoms with Gasteiger partial charge >= 0.3 is 0 Å². The van der Waals surface area contributed by atoms with Crippen LogP contribution in [0.1, 0.15) is 22.9 Å². The lowest BCUT2D eigenvalue weighted by molar-refractivity contribution is 0.664. The number of hydrogen-bond donors (Lipinski definition) is 1. The minimum atomic E-state index is -0.288. The van der Waals surface area contributed by atoms with Crippen molar-refractivity contribution < 1.29 is 0 Å². The fourth-order valence-corrected chi connectivity index (χ4v) is 8.63. The summed E-state index contributed by atoms with van der Waals surface area (Å²) in [6.45, 7) is 0. The third-order valence-corrected chi connectivity index (χ3v) is 11.1. The highest BCUT2D eigenvalue weighted by molar-refractivity contribution is 6.15. The molecule has 0 fully saturated rings. The van der Waals surface area contributed by atoms with Gasteiger partial charge in [0.1, 0.15) is 6.17 Å². The fraction of sp³-hybridized carbons (Fsp3) is 0.0192. The van der Waals surface area contributed by atoms with Crippen molar-refractivity contribution in [3.63, 3.8) is 0 Å². The zero-order chi connectivity index (χ0) is 37.0. The predicted molar refractivity (Wildman–Crippen MR) is 234 cm³/mol. The molecular weight excluding hydrogens is 681 g/mol. The molecule has 1 atom stereocenters. The van der Waals surface area contributed by atoms with Gasteiger partial charge in [-0.3, -0.25) is 4.99 Å². The summed E-state index contributed by atoms with van der Waals surface area (Å²) < 4.78 is 4.83. The van der Waals surface area contributed by atoms with Crippen molar-refractivity contribution in [2.45, 2.75) is 6.17 Å². The second-order valence-electron chi connectivity index (χ2n) is 14.4. The van der Waals surface area contributed by atoms with Gasteiger partial charge in [-0.2, -0.15) is 0 Å². The number of fused-ring (bicyclic) bond motifs is 6. The molecule has 1 unspecified atom stereocenters. The number of para-hydroxylation sites is 4. The van der Waals surface area contributed by atoms with Crippen molar-refractivity contribution >= 4 is 55.0 Å². The Hall–Kier alpha value is -7.43. The van der Waals surface area contributed by atoms with Gasteiger partial charge in [-0.1, -0.05) is 158 Å². The van der Waals surface area contributed by atoms with E-state index in [4.69, 9.17) is 4.99 Å². The van der Waals surface area contributed by atoms with Crippen LogP contribution in [0, 0.1) is 0 Å². The quantitative estimate of drug-likeness (QED) is 0.183. The molecule has 8 aromatic carbocycles. The molecule has 3 heterocycles. The van der Waals surface area contributed by atoms with Gasteiger partial charge in [-0.05, 0) is 65.2 Å². The van der Waals surface area contributed by atoms with Crippen LogP contribution in [-0.2, 0) is 0 Å². The van der Waals surface area contributed by atoms with Crippen molar-refractivity contribution in [2.24, 2.45) is 4.99 Å². The van der Waals surface area contributed by atoms with Gasteiger partial charge in [-0.15, -0.1) is 0 Å². The summed E-state index contributed by atoms with van der Waals surface area (Å²) in [5, 5.41) is 8.77. The van der Waals surface area contributed by atoms with E-state index in [-0.39, 0.29) is 6.17 Å². The Labute approximate surface area is 324 Å². The molecule has 0 saturated carbocycles. The summed E-state index contributed by atoms with van der Waals surface area (Å²) in [6, 6.07) is 71.7. The summed E-state index contributed by atoms with van der Waals surface area (Å²) >= 11 is 0. The van der Waals surface area contributed by atoms with Gasteiger partial charge in [0.2, 0.25) is 0 Å². The van der Waals surface area contributed by atoms with Gasteiger partial charge in [0, 0.05) is 49.7 Å². The van der Waals surface area contributed by atoms with Crippen molar-refractivity contribution in [1.82, 2.24) is 14.5 Å². The summed E-state index contributed by atoms with van der Waals surface area (Å²) in [5.74, 6) is 0. The molecule has 264 valence electrons. The number of benzene rings is 8. The Kier molecular flexibility index (Phi) is 7.52. The molecule has 10 aromatic rings. The zero-order valence-corrected chi connectivity index (χ0v) is 30.5. The van der Waals surface area contributed by atoms with Crippen molar-refractivity contribution in [3.05, 3.63) is 223 Å². The maximum atomic E-state index is 5.51. The minimum absolute atomic E-state index is 0.288. The van der Waals surface area contributed by atoms with E-state index in [1.54, 1.807) is 0 Å². The van der Waals surface area contributed by atoms with Crippen LogP contribution in [0.25, 0.3) is 71.8 Å². The second kappa shape index (κ2) is 13.2. The summed E-state index contributed by atoms with van der Waals surface area (Å²) in [6.07, 6.45) is 1.95. The maximum Gasteiger partial charge on any atom is 0.145 e. The molecule has 0 radical (unpaired) electrons. The van der Waals surface area contributed by atoms with Gasteiger partial charge in [-0.25, -0.2) is 0 Å². The molecule has 56 heavy (non-hydrogen) atoms. The number of aromatic nitrogens is 2. The largest absolute Gasteiger partial charge is 0.359 e. The lowest BCUT2D eigenvalue weighted by Gasteiger charge is -2.26. The number of rotatable bonds is 6. The molecule has 4 nitrogen and oxygen atoms in total. The van der Waals surface area contributed by atoms with E-state index in [1.807, 2.05) is 0 Å². The first kappa shape index (κ1) is 32.0. The standard InChI is InChI=1S/C52H36N4/c1-3-17-35(18-4-1)40-21-7-8-22-41(40)47-34-46(53-52(54-47)36-19-5-2-6-20-36)37-31-38(55-48-27-13-9-23-42(48)43-24-10-14-28-49(43)55)33-39(32-37)56-50-29-15-11-25-44(50)45-26-12-16-30-51(45)56/h1-34,52,54H. The van der Waals surface area contributed by atoms with E-state index in [0.29, 0.717) is 0 Å². The lowest BCUT2D eigenvalue weighted by atomic mass is 9.94. The number of nitrogens with one attached hydrogen (secondary N) is 1. The Morgan fingerprint density at radius 2 is 0.821 bits per heavy atom. The predicted octanol–water partition coefficient (Wildman–Crippen LogP) is 12.7. The Balaban J connectivity index is 1.20. The van der Waals surface area contributed by atoms with E-state index in [2.05, 4.69) is 221 Å². The molecular formula is C52H36N4. The highest BCUT2D eigenvalue weighted by Gasteiger charge is 2.23. The summed E-state index contributed by atoms with van der Waals surface area (Å²) in [7, 11) is 0. The van der Waals surface area contributed by atoms with Crippen LogP contribution in [0.15, 0.2) is 211 Å². The normalized spacial score (nSPS) is 14.2. The van der Waals surface area contributed by atoms with E-state index in [0.717, 1.165) is 39.5 Å². The third-order valence-electron chi connectivity index (χ3n) is 11.1. The van der Waals surface area contributed by atoms with Gasteiger partial charge < -0.3 is 14.5 Å². The Morgan fingerprint density at radius 1 is 0.393 bits per heavy atom. The van der Waals surface area contributed by atoms with Crippen molar-refractivity contribution in [2.75, 3.05) is 0 Å². The lowest BCUT2D eigenvalue weighted by Crippen LogP contribution is -2.25. The first-order chi connectivity index (χ1) is 27.8. The summed E-state index contributed by atoms with van der Waals surface area (Å²) in [5.41, 5.74) is 14.4. The molecule has 1 aliphatic heterocycles. The number of nitrogens with zero attached hydrogens (tertiary/aromatic N) is 3. The molecule has 0 bridgehead atoms. The van der Waals surface area contributed by atoms with Crippen LogP contribution < -0.4 is 5.32 Å².